The predicted octanol–water partition coefficient (Wildman–Crippen LogP) is 1.39. The maximum absolute atomic E-state index is 11.4. The number of aromatic nitrogens is 4. The van der Waals surface area contributed by atoms with Crippen molar-refractivity contribution < 1.29 is 9.53 Å². The number of esters is 1. The molecular weight excluding hydrogens is 308 g/mol. The molecule has 0 unspecified atom stereocenters. The number of carbonyl (C=O) groups excluding carboxylic acids is 1. The Morgan fingerprint density at radius 2 is 2.04 bits per heavy atom. The minimum absolute atomic E-state index is 0.340. The van der Waals surface area contributed by atoms with Crippen molar-refractivity contribution >= 4 is 28.8 Å². The maximum atomic E-state index is 11.4. The largest absolute Gasteiger partial charge is 0.465 e. The summed E-state index contributed by atoms with van der Waals surface area (Å²) < 4.78 is 6.33. The number of anilines is 2. The van der Waals surface area contributed by atoms with Crippen LogP contribution in [-0.2, 0) is 18.2 Å². The Labute approximate surface area is 138 Å². The lowest BCUT2D eigenvalue weighted by Gasteiger charge is -2.07. The molecule has 0 saturated carbocycles. The van der Waals surface area contributed by atoms with Gasteiger partial charge in [-0.2, -0.15) is 15.1 Å². The summed E-state index contributed by atoms with van der Waals surface area (Å²) in [7, 11) is 3.17. The first kappa shape index (κ1) is 15.7. The van der Waals surface area contributed by atoms with Crippen LogP contribution in [0.1, 0.15) is 15.9 Å². The van der Waals surface area contributed by atoms with Crippen LogP contribution in [-0.4, -0.2) is 39.4 Å². The van der Waals surface area contributed by atoms with Crippen molar-refractivity contribution in [3.63, 3.8) is 0 Å². The molecule has 0 atom stereocenters. The number of methoxy groups -OCH3 is 1. The molecule has 0 aliphatic rings. The Morgan fingerprint density at radius 3 is 2.75 bits per heavy atom. The second kappa shape index (κ2) is 6.53. The van der Waals surface area contributed by atoms with Gasteiger partial charge in [0.05, 0.1) is 24.3 Å². The number of aryl methyl sites for hydroxylation is 1. The summed E-state index contributed by atoms with van der Waals surface area (Å²) in [6.07, 6.45) is 2.41. The van der Waals surface area contributed by atoms with Gasteiger partial charge in [-0.3, -0.25) is 4.68 Å². The van der Waals surface area contributed by atoms with Crippen molar-refractivity contribution in [1.29, 1.82) is 0 Å². The first-order chi connectivity index (χ1) is 11.6. The molecule has 0 amide bonds. The molecule has 0 aliphatic carbocycles. The summed E-state index contributed by atoms with van der Waals surface area (Å²) in [6.45, 7) is 0.639. The van der Waals surface area contributed by atoms with Gasteiger partial charge in [-0.05, 0) is 24.1 Å². The van der Waals surface area contributed by atoms with E-state index in [1.165, 1.54) is 7.11 Å². The summed E-state index contributed by atoms with van der Waals surface area (Å²) in [5, 5.41) is 8.02. The number of nitrogens with one attached hydrogen (secondary N) is 1. The second-order valence-corrected chi connectivity index (χ2v) is 5.30. The van der Waals surface area contributed by atoms with Crippen molar-refractivity contribution in [2.24, 2.45) is 7.05 Å². The minimum Gasteiger partial charge on any atom is -0.465 e. The number of benzene rings is 1. The van der Waals surface area contributed by atoms with Crippen LogP contribution in [0, 0.1) is 0 Å². The van der Waals surface area contributed by atoms with E-state index in [1.807, 2.05) is 12.1 Å². The van der Waals surface area contributed by atoms with Crippen molar-refractivity contribution in [2.45, 2.75) is 6.42 Å². The van der Waals surface area contributed by atoms with Gasteiger partial charge in [0.1, 0.15) is 5.82 Å². The molecule has 0 radical (unpaired) electrons. The molecule has 2 aromatic heterocycles. The van der Waals surface area contributed by atoms with Gasteiger partial charge in [-0.1, -0.05) is 12.1 Å². The number of fused-ring (bicyclic) bond motifs is 1. The van der Waals surface area contributed by atoms with E-state index in [9.17, 15) is 4.79 Å². The van der Waals surface area contributed by atoms with Crippen LogP contribution < -0.4 is 11.1 Å². The Bertz CT molecular complexity index is 872. The van der Waals surface area contributed by atoms with Gasteiger partial charge in [-0.25, -0.2) is 4.79 Å². The lowest BCUT2D eigenvalue weighted by atomic mass is 10.1. The van der Waals surface area contributed by atoms with Crippen LogP contribution in [0.25, 0.3) is 11.0 Å². The summed E-state index contributed by atoms with van der Waals surface area (Å²) in [5.74, 6) is 0.529. The molecule has 124 valence electrons. The topological polar surface area (TPSA) is 108 Å². The van der Waals surface area contributed by atoms with Crippen molar-refractivity contribution in [3.05, 3.63) is 41.6 Å². The van der Waals surface area contributed by atoms with Crippen LogP contribution in [0.5, 0.6) is 0 Å². The average Bonchev–Trinajstić information content (AvgIpc) is 2.97. The zero-order valence-corrected chi connectivity index (χ0v) is 13.5. The molecular formula is C16H18N6O2. The Morgan fingerprint density at radius 1 is 1.29 bits per heavy atom. The molecule has 24 heavy (non-hydrogen) atoms. The molecule has 8 nitrogen and oxygen atoms in total. The van der Waals surface area contributed by atoms with Gasteiger partial charge >= 0.3 is 5.97 Å². The van der Waals surface area contributed by atoms with Gasteiger partial charge in [0.15, 0.2) is 5.65 Å². The third-order valence-electron chi connectivity index (χ3n) is 3.69. The van der Waals surface area contributed by atoms with E-state index in [-0.39, 0.29) is 5.97 Å². The van der Waals surface area contributed by atoms with Gasteiger partial charge in [-0.15, -0.1) is 0 Å². The molecule has 2 heterocycles. The zero-order chi connectivity index (χ0) is 17.1. The first-order valence-corrected chi connectivity index (χ1v) is 7.45. The van der Waals surface area contributed by atoms with E-state index in [0.717, 1.165) is 17.4 Å². The number of hydrogen-bond acceptors (Lipinski definition) is 7. The number of nitrogens with two attached hydrogens (primary N) is 1. The molecule has 3 N–H and O–H groups in total. The van der Waals surface area contributed by atoms with E-state index in [4.69, 9.17) is 5.73 Å². The Hall–Kier alpha value is -3.16. The normalized spacial score (nSPS) is 10.8. The second-order valence-electron chi connectivity index (χ2n) is 5.30. The molecule has 0 bridgehead atoms. The molecule has 0 fully saturated rings. The standard InChI is InChI=1S/C16H18N6O2/c1-22-14-12(9-19-22)13(17)20-16(21-14)18-8-7-10-3-5-11(6-4-10)15(23)24-2/h3-6,9H,7-8H2,1-2H3,(H3,17,18,20,21). The summed E-state index contributed by atoms with van der Waals surface area (Å²) in [5.41, 5.74) is 8.23. The highest BCUT2D eigenvalue weighted by molar-refractivity contribution is 5.89. The fourth-order valence-corrected chi connectivity index (χ4v) is 2.37. The number of rotatable bonds is 5. The lowest BCUT2D eigenvalue weighted by Crippen LogP contribution is -2.10. The third kappa shape index (κ3) is 3.12. The fourth-order valence-electron chi connectivity index (χ4n) is 2.37. The molecule has 0 saturated heterocycles. The van der Waals surface area contributed by atoms with Gasteiger partial charge in [0, 0.05) is 13.6 Å². The fraction of sp³-hybridized carbons (Fsp3) is 0.250. The van der Waals surface area contributed by atoms with Crippen molar-refractivity contribution in [1.82, 2.24) is 19.7 Å². The van der Waals surface area contributed by atoms with Gasteiger partial charge in [0.2, 0.25) is 5.95 Å². The number of carbonyl (C=O) groups is 1. The quantitative estimate of drug-likeness (QED) is 0.682. The Kier molecular flexibility index (Phi) is 4.28. The highest BCUT2D eigenvalue weighted by atomic mass is 16.5. The van der Waals surface area contributed by atoms with Crippen LogP contribution in [0.15, 0.2) is 30.5 Å². The van der Waals surface area contributed by atoms with Crippen LogP contribution >= 0.6 is 0 Å². The summed E-state index contributed by atoms with van der Waals surface area (Å²) in [4.78, 5) is 20.0. The van der Waals surface area contributed by atoms with E-state index < -0.39 is 0 Å². The van der Waals surface area contributed by atoms with E-state index in [1.54, 1.807) is 30.1 Å². The maximum Gasteiger partial charge on any atom is 0.337 e. The van der Waals surface area contributed by atoms with E-state index >= 15 is 0 Å². The highest BCUT2D eigenvalue weighted by Gasteiger charge is 2.09. The van der Waals surface area contributed by atoms with Crippen molar-refractivity contribution in [3.8, 4) is 0 Å². The summed E-state index contributed by atoms with van der Waals surface area (Å²) in [6, 6.07) is 7.29. The monoisotopic (exact) mass is 326 g/mol. The van der Waals surface area contributed by atoms with Gasteiger partial charge < -0.3 is 15.8 Å². The first-order valence-electron chi connectivity index (χ1n) is 7.45. The number of nitrogens with zero attached hydrogens (tertiary/aromatic N) is 4. The number of hydrogen-bond donors (Lipinski definition) is 2. The molecule has 0 spiro atoms. The molecule has 1 aromatic carbocycles. The zero-order valence-electron chi connectivity index (χ0n) is 13.5. The van der Waals surface area contributed by atoms with Crippen LogP contribution in [0.4, 0.5) is 11.8 Å². The molecule has 8 heteroatoms. The van der Waals surface area contributed by atoms with E-state index in [0.29, 0.717) is 29.5 Å². The lowest BCUT2D eigenvalue weighted by molar-refractivity contribution is 0.0600. The average molecular weight is 326 g/mol. The van der Waals surface area contributed by atoms with Crippen LogP contribution in [0.2, 0.25) is 0 Å². The summed E-state index contributed by atoms with van der Waals surface area (Å²) >= 11 is 0. The third-order valence-corrected chi connectivity index (χ3v) is 3.69. The van der Waals surface area contributed by atoms with Gasteiger partial charge in [0.25, 0.3) is 0 Å². The smallest absolute Gasteiger partial charge is 0.337 e. The predicted molar refractivity (Wildman–Crippen MR) is 90.7 cm³/mol. The SMILES string of the molecule is COC(=O)c1ccc(CCNc2nc(N)c3cnn(C)c3n2)cc1. The number of ether oxygens (including phenoxy) is 1. The van der Waals surface area contributed by atoms with Crippen LogP contribution in [0.3, 0.4) is 0 Å². The van der Waals surface area contributed by atoms with Crippen molar-refractivity contribution in [2.75, 3.05) is 24.7 Å². The molecule has 3 aromatic rings. The molecule has 0 aliphatic heterocycles. The Balaban J connectivity index is 1.64. The minimum atomic E-state index is -0.340. The highest BCUT2D eigenvalue weighted by Crippen LogP contribution is 2.18. The molecule has 3 rings (SSSR count). The van der Waals surface area contributed by atoms with E-state index in [2.05, 4.69) is 25.1 Å². The number of nitrogen functional groups attached to an aromatic ring is 1.